The molecule has 3 N–H and O–H groups in total. The Balaban J connectivity index is 1.64. The number of nitrogens with zero attached hydrogens (tertiary/aromatic N) is 3. The van der Waals surface area contributed by atoms with Crippen molar-refractivity contribution in [2.24, 2.45) is 0 Å². The largest absolute Gasteiger partial charge is 0.475 e. The van der Waals surface area contributed by atoms with Crippen LogP contribution in [0.2, 0.25) is 0 Å². The normalized spacial score (nSPS) is 11.8. The van der Waals surface area contributed by atoms with Crippen molar-refractivity contribution in [3.63, 3.8) is 0 Å². The average Bonchev–Trinajstić information content (AvgIpc) is 3.34. The number of carbonyl (C=O) groups is 2. The summed E-state index contributed by atoms with van der Waals surface area (Å²) in [5.74, 6) is -1.43. The first kappa shape index (κ1) is 29.0. The predicted molar refractivity (Wildman–Crippen MR) is 145 cm³/mol. The van der Waals surface area contributed by atoms with Crippen molar-refractivity contribution >= 4 is 36.2 Å². The molecule has 2 aromatic carbocycles. The summed E-state index contributed by atoms with van der Waals surface area (Å²) in [6.07, 6.45) is 2.46. The number of furan rings is 1. The topological polar surface area (TPSA) is 160 Å². The molecule has 3 aromatic rings. The molecule has 0 saturated carbocycles. The smallest absolute Gasteiger partial charge is 0.464 e. The number of alkyl carbamates (subject to hydrolysis) is 1. The Bertz CT molecular complexity index is 1430. The molecule has 0 aliphatic rings. The van der Waals surface area contributed by atoms with E-state index in [0.29, 0.717) is 40.9 Å². The van der Waals surface area contributed by atoms with Gasteiger partial charge in [-0.25, -0.2) is 4.79 Å². The lowest BCUT2D eigenvalue weighted by Crippen LogP contribution is -2.48. The van der Waals surface area contributed by atoms with Gasteiger partial charge in [0.2, 0.25) is 0 Å². The Labute approximate surface area is 226 Å². The fourth-order valence-corrected chi connectivity index (χ4v) is 4.11. The minimum Gasteiger partial charge on any atom is -0.464 e. The van der Waals surface area contributed by atoms with E-state index in [0.717, 1.165) is 5.39 Å². The van der Waals surface area contributed by atoms with Gasteiger partial charge in [0.25, 0.3) is 5.91 Å². The minimum absolute atomic E-state index is 0.0469. The Hall–Kier alpha value is -4.58. The third-order valence-corrected chi connectivity index (χ3v) is 6.14. The first-order valence-electron chi connectivity index (χ1n) is 12.5. The van der Waals surface area contributed by atoms with Crippen molar-refractivity contribution in [2.75, 3.05) is 19.7 Å². The number of nitrogens with one attached hydrogen (secondary N) is 1. The van der Waals surface area contributed by atoms with E-state index in [9.17, 15) is 30.2 Å². The van der Waals surface area contributed by atoms with Gasteiger partial charge in [0.1, 0.15) is 17.2 Å². The molecule has 2 amide bonds. The molecule has 39 heavy (non-hydrogen) atoms. The van der Waals surface area contributed by atoms with Gasteiger partial charge in [-0.05, 0) is 61.2 Å². The number of ether oxygens (including phenoxy) is 1. The molecular weight excluding hydrogens is 499 g/mol. The molecule has 3 rings (SSSR count). The highest BCUT2D eigenvalue weighted by molar-refractivity contribution is 6.43. The van der Waals surface area contributed by atoms with Crippen molar-refractivity contribution in [3.8, 4) is 12.1 Å². The molecule has 10 nitrogen and oxygen atoms in total. The number of benzene rings is 2. The molecule has 1 aromatic heterocycles. The van der Waals surface area contributed by atoms with Crippen LogP contribution in [0.1, 0.15) is 36.1 Å². The Morgan fingerprint density at radius 3 is 2.59 bits per heavy atom. The van der Waals surface area contributed by atoms with Crippen LogP contribution in [0, 0.1) is 22.7 Å². The quantitative estimate of drug-likeness (QED) is 0.195. The molecule has 200 valence electrons. The summed E-state index contributed by atoms with van der Waals surface area (Å²) in [6, 6.07) is 16.2. The third kappa shape index (κ3) is 7.71. The van der Waals surface area contributed by atoms with Crippen LogP contribution in [-0.2, 0) is 22.4 Å². The highest BCUT2D eigenvalue weighted by atomic mass is 16.5. The summed E-state index contributed by atoms with van der Waals surface area (Å²) >= 11 is 0. The van der Waals surface area contributed by atoms with Crippen molar-refractivity contribution in [1.82, 2.24) is 10.2 Å². The van der Waals surface area contributed by atoms with Gasteiger partial charge in [0.05, 0.1) is 30.4 Å². The van der Waals surface area contributed by atoms with Gasteiger partial charge in [-0.2, -0.15) is 10.5 Å². The third-order valence-electron chi connectivity index (χ3n) is 6.14. The van der Waals surface area contributed by atoms with E-state index in [-0.39, 0.29) is 25.0 Å². The fourth-order valence-electron chi connectivity index (χ4n) is 4.11. The molecule has 0 saturated heterocycles. The van der Waals surface area contributed by atoms with Gasteiger partial charge < -0.3 is 29.4 Å². The Morgan fingerprint density at radius 1 is 1.18 bits per heavy atom. The first-order chi connectivity index (χ1) is 18.8. The standard InChI is InChI=1S/C28H29BN4O6/c1-3-33(4-2)27(34)22(17-31)14-20-11-19(12-21(13-20)16-30)9-10-38-28(35)32-26(29(36)37)15-23-18-39-25-8-6-5-7-24(23)25/h5-8,11-14,18,26,36-37H,3-4,9-10,15H2,1-2H3,(H,32,35). The molecule has 0 spiro atoms. The SMILES string of the molecule is CCN(CC)C(=O)C(C#N)=Cc1cc(C#N)cc(CCOC(=O)NC(Cc2coc3ccccc23)B(O)O)c1. The van der Waals surface area contributed by atoms with E-state index < -0.39 is 25.1 Å². The van der Waals surface area contributed by atoms with Gasteiger partial charge in [0, 0.05) is 24.9 Å². The number of hydrogen-bond acceptors (Lipinski definition) is 8. The van der Waals surface area contributed by atoms with E-state index in [1.165, 1.54) is 17.2 Å². The Kier molecular flexibility index (Phi) is 10.3. The minimum atomic E-state index is -1.83. The number of para-hydroxylation sites is 1. The van der Waals surface area contributed by atoms with Crippen LogP contribution in [0.25, 0.3) is 17.0 Å². The van der Waals surface area contributed by atoms with Crippen LogP contribution in [-0.4, -0.2) is 59.7 Å². The number of likely N-dealkylation sites (N-methyl/N-ethyl adjacent to an activating group) is 1. The predicted octanol–water partition coefficient (Wildman–Crippen LogP) is 2.97. The summed E-state index contributed by atoms with van der Waals surface area (Å²) in [5.41, 5.74) is 2.79. The van der Waals surface area contributed by atoms with Crippen LogP contribution in [0.4, 0.5) is 4.79 Å². The molecule has 1 heterocycles. The lowest BCUT2D eigenvalue weighted by Gasteiger charge is -2.18. The van der Waals surface area contributed by atoms with Crippen LogP contribution in [0.3, 0.4) is 0 Å². The molecular formula is C28H29BN4O6. The zero-order valence-electron chi connectivity index (χ0n) is 21.8. The second-order valence-electron chi connectivity index (χ2n) is 8.73. The number of rotatable bonds is 11. The van der Waals surface area contributed by atoms with Crippen LogP contribution < -0.4 is 5.32 Å². The second-order valence-corrected chi connectivity index (χ2v) is 8.73. The number of nitriles is 2. The van der Waals surface area contributed by atoms with Gasteiger partial charge in [-0.15, -0.1) is 0 Å². The Morgan fingerprint density at radius 2 is 1.92 bits per heavy atom. The van der Waals surface area contributed by atoms with Gasteiger partial charge >= 0.3 is 13.2 Å². The van der Waals surface area contributed by atoms with E-state index in [1.54, 1.807) is 24.3 Å². The molecule has 0 aliphatic heterocycles. The fraction of sp³-hybridized carbons (Fsp3) is 0.286. The first-order valence-corrected chi connectivity index (χ1v) is 12.5. The van der Waals surface area contributed by atoms with Crippen LogP contribution in [0.15, 0.2) is 58.7 Å². The van der Waals surface area contributed by atoms with E-state index in [2.05, 4.69) is 11.4 Å². The second kappa shape index (κ2) is 13.8. The highest BCUT2D eigenvalue weighted by Crippen LogP contribution is 2.22. The molecule has 0 radical (unpaired) electrons. The van der Waals surface area contributed by atoms with Crippen LogP contribution in [0.5, 0.6) is 0 Å². The number of carbonyl (C=O) groups excluding carboxylic acids is 2. The molecule has 0 aliphatic carbocycles. The lowest BCUT2D eigenvalue weighted by atomic mass is 9.76. The molecule has 1 atom stereocenters. The molecule has 0 bridgehead atoms. The van der Waals surface area contributed by atoms with Crippen molar-refractivity contribution < 1.29 is 28.8 Å². The monoisotopic (exact) mass is 528 g/mol. The zero-order chi connectivity index (χ0) is 28.4. The summed E-state index contributed by atoms with van der Waals surface area (Å²) in [4.78, 5) is 26.5. The van der Waals surface area contributed by atoms with E-state index in [1.807, 2.05) is 38.1 Å². The summed E-state index contributed by atoms with van der Waals surface area (Å²) < 4.78 is 10.7. The van der Waals surface area contributed by atoms with Crippen molar-refractivity contribution in [3.05, 3.63) is 76.6 Å². The maximum absolute atomic E-state index is 12.6. The van der Waals surface area contributed by atoms with E-state index in [4.69, 9.17) is 9.15 Å². The van der Waals surface area contributed by atoms with E-state index >= 15 is 0 Å². The lowest BCUT2D eigenvalue weighted by molar-refractivity contribution is -0.126. The maximum atomic E-state index is 12.6. The molecule has 0 fully saturated rings. The van der Waals surface area contributed by atoms with Crippen molar-refractivity contribution in [1.29, 1.82) is 10.5 Å². The van der Waals surface area contributed by atoms with Gasteiger partial charge in [0.15, 0.2) is 0 Å². The average molecular weight is 528 g/mol. The summed E-state index contributed by atoms with van der Waals surface area (Å²) in [5, 5.41) is 41.8. The van der Waals surface area contributed by atoms with Gasteiger partial charge in [-0.3, -0.25) is 4.79 Å². The maximum Gasteiger partial charge on any atom is 0.475 e. The highest BCUT2D eigenvalue weighted by Gasteiger charge is 2.27. The van der Waals surface area contributed by atoms with Gasteiger partial charge in [-0.1, -0.05) is 24.3 Å². The number of amides is 2. The molecule has 1 unspecified atom stereocenters. The number of fused-ring (bicyclic) bond motifs is 1. The number of hydrogen-bond donors (Lipinski definition) is 3. The summed E-state index contributed by atoms with van der Waals surface area (Å²) in [6.45, 7) is 4.51. The van der Waals surface area contributed by atoms with Crippen molar-refractivity contribution in [2.45, 2.75) is 32.6 Å². The van der Waals surface area contributed by atoms with Crippen LogP contribution >= 0.6 is 0 Å². The molecule has 11 heteroatoms. The zero-order valence-corrected chi connectivity index (χ0v) is 21.8. The summed E-state index contributed by atoms with van der Waals surface area (Å²) in [7, 11) is -1.83.